The minimum Gasteiger partial charge on any atom is -0.496 e. The van der Waals surface area contributed by atoms with E-state index in [4.69, 9.17) is 14.7 Å². The second-order valence-corrected chi connectivity index (χ2v) is 3.59. The van der Waals surface area contributed by atoms with Crippen LogP contribution in [0, 0.1) is 11.3 Å². The zero-order valence-electron chi connectivity index (χ0n) is 10.2. The Hall–Kier alpha value is -2.54. The average molecular weight is 240 g/mol. The third kappa shape index (κ3) is 2.11. The van der Waals surface area contributed by atoms with E-state index in [9.17, 15) is 0 Å². The highest BCUT2D eigenvalue weighted by Crippen LogP contribution is 2.35. The number of nitrogens with zero attached hydrogens (tertiary/aromatic N) is 2. The van der Waals surface area contributed by atoms with Crippen LogP contribution in [0.2, 0.25) is 0 Å². The zero-order chi connectivity index (χ0) is 13.0. The molecule has 4 nitrogen and oxygen atoms in total. The van der Waals surface area contributed by atoms with Crippen LogP contribution < -0.4 is 9.47 Å². The van der Waals surface area contributed by atoms with Crippen molar-refractivity contribution in [1.82, 2.24) is 4.98 Å². The van der Waals surface area contributed by atoms with Crippen LogP contribution in [0.1, 0.15) is 5.56 Å². The summed E-state index contributed by atoms with van der Waals surface area (Å²) in [5.41, 5.74) is 2.24. The van der Waals surface area contributed by atoms with Crippen molar-refractivity contribution in [2.75, 3.05) is 14.2 Å². The predicted octanol–water partition coefficient (Wildman–Crippen LogP) is 2.64. The first-order valence-electron chi connectivity index (χ1n) is 5.37. The average Bonchev–Trinajstić information content (AvgIpc) is 2.46. The summed E-state index contributed by atoms with van der Waals surface area (Å²) in [6.45, 7) is 0. The van der Waals surface area contributed by atoms with E-state index in [1.165, 1.54) is 0 Å². The Bertz CT molecular complexity index is 603. The first kappa shape index (κ1) is 11.9. The molecule has 0 N–H and O–H groups in total. The third-order valence-corrected chi connectivity index (χ3v) is 2.59. The number of rotatable bonds is 3. The summed E-state index contributed by atoms with van der Waals surface area (Å²) in [5, 5.41) is 8.88. The lowest BCUT2D eigenvalue weighted by Crippen LogP contribution is -1.94. The first-order valence-corrected chi connectivity index (χ1v) is 5.37. The van der Waals surface area contributed by atoms with Crippen molar-refractivity contribution in [1.29, 1.82) is 5.26 Å². The minimum atomic E-state index is 0.528. The summed E-state index contributed by atoms with van der Waals surface area (Å²) in [6, 6.07) is 11.1. The number of hydrogen-bond donors (Lipinski definition) is 0. The summed E-state index contributed by atoms with van der Waals surface area (Å²) in [4.78, 5) is 4.15. The standard InChI is InChI=1S/C14H12N2O2/c1-17-13-8-10(9-15)5-6-11(13)12-4-3-7-16-14(12)18-2/h3-8H,1-2H3. The van der Waals surface area contributed by atoms with Gasteiger partial charge in [-0.2, -0.15) is 5.26 Å². The van der Waals surface area contributed by atoms with E-state index in [-0.39, 0.29) is 0 Å². The normalized spacial score (nSPS) is 9.61. The molecule has 4 heteroatoms. The van der Waals surface area contributed by atoms with E-state index in [0.29, 0.717) is 17.2 Å². The number of pyridine rings is 1. The number of methoxy groups -OCH3 is 2. The fourth-order valence-electron chi connectivity index (χ4n) is 1.74. The van der Waals surface area contributed by atoms with Crippen molar-refractivity contribution in [3.63, 3.8) is 0 Å². The van der Waals surface area contributed by atoms with Gasteiger partial charge >= 0.3 is 0 Å². The topological polar surface area (TPSA) is 55.1 Å². The second-order valence-electron chi connectivity index (χ2n) is 3.59. The van der Waals surface area contributed by atoms with Crippen LogP contribution in [0.3, 0.4) is 0 Å². The number of aromatic nitrogens is 1. The molecule has 1 aromatic heterocycles. The molecule has 1 heterocycles. The Morgan fingerprint density at radius 2 is 1.94 bits per heavy atom. The second kappa shape index (κ2) is 5.19. The first-order chi connectivity index (χ1) is 8.80. The van der Waals surface area contributed by atoms with E-state index < -0.39 is 0 Å². The van der Waals surface area contributed by atoms with Gasteiger partial charge in [0, 0.05) is 17.3 Å². The van der Waals surface area contributed by atoms with Gasteiger partial charge in [0.05, 0.1) is 25.9 Å². The Morgan fingerprint density at radius 3 is 2.61 bits per heavy atom. The van der Waals surface area contributed by atoms with Crippen LogP contribution in [-0.4, -0.2) is 19.2 Å². The van der Waals surface area contributed by atoms with Crippen molar-refractivity contribution in [3.8, 4) is 28.8 Å². The fraction of sp³-hybridized carbons (Fsp3) is 0.143. The zero-order valence-corrected chi connectivity index (χ0v) is 10.2. The van der Waals surface area contributed by atoms with Gasteiger partial charge in [0.15, 0.2) is 0 Å². The van der Waals surface area contributed by atoms with E-state index in [1.807, 2.05) is 18.2 Å². The van der Waals surface area contributed by atoms with Crippen molar-refractivity contribution in [2.24, 2.45) is 0 Å². The molecule has 0 bridgehead atoms. The van der Waals surface area contributed by atoms with Crippen LogP contribution in [0.15, 0.2) is 36.5 Å². The molecule has 0 spiro atoms. The molecule has 90 valence electrons. The number of benzene rings is 1. The number of ether oxygens (including phenoxy) is 2. The van der Waals surface area contributed by atoms with Crippen LogP contribution >= 0.6 is 0 Å². The molecule has 0 fully saturated rings. The lowest BCUT2D eigenvalue weighted by atomic mass is 10.0. The van der Waals surface area contributed by atoms with E-state index >= 15 is 0 Å². The summed E-state index contributed by atoms with van der Waals surface area (Å²) in [5.74, 6) is 1.15. The molecule has 0 saturated heterocycles. The highest BCUT2D eigenvalue weighted by Gasteiger charge is 2.12. The van der Waals surface area contributed by atoms with Crippen molar-refractivity contribution >= 4 is 0 Å². The molecule has 0 radical (unpaired) electrons. The number of nitriles is 1. The Morgan fingerprint density at radius 1 is 1.11 bits per heavy atom. The van der Waals surface area contributed by atoms with E-state index in [1.54, 1.807) is 32.5 Å². The molecule has 18 heavy (non-hydrogen) atoms. The van der Waals surface area contributed by atoms with Gasteiger partial charge in [-0.05, 0) is 30.3 Å². The Kier molecular flexibility index (Phi) is 3.44. The molecule has 0 aliphatic carbocycles. The molecule has 0 amide bonds. The highest BCUT2D eigenvalue weighted by molar-refractivity contribution is 5.75. The number of hydrogen-bond acceptors (Lipinski definition) is 4. The molecular formula is C14H12N2O2. The summed E-state index contributed by atoms with van der Waals surface area (Å²) in [6.07, 6.45) is 1.67. The quantitative estimate of drug-likeness (QED) is 0.827. The molecular weight excluding hydrogens is 228 g/mol. The largest absolute Gasteiger partial charge is 0.496 e. The molecule has 1 aromatic carbocycles. The lowest BCUT2D eigenvalue weighted by molar-refractivity contribution is 0.397. The van der Waals surface area contributed by atoms with Gasteiger partial charge in [-0.15, -0.1) is 0 Å². The van der Waals surface area contributed by atoms with Crippen LogP contribution in [0.25, 0.3) is 11.1 Å². The molecule has 0 saturated carbocycles. The summed E-state index contributed by atoms with van der Waals surface area (Å²) >= 11 is 0. The molecule has 0 unspecified atom stereocenters. The van der Waals surface area contributed by atoms with Gasteiger partial charge < -0.3 is 9.47 Å². The summed E-state index contributed by atoms with van der Waals surface area (Å²) < 4.78 is 10.5. The van der Waals surface area contributed by atoms with Crippen molar-refractivity contribution in [2.45, 2.75) is 0 Å². The summed E-state index contributed by atoms with van der Waals surface area (Å²) in [7, 11) is 3.14. The predicted molar refractivity (Wildman–Crippen MR) is 67.5 cm³/mol. The maximum Gasteiger partial charge on any atom is 0.221 e. The van der Waals surface area contributed by atoms with Gasteiger partial charge in [-0.1, -0.05) is 0 Å². The van der Waals surface area contributed by atoms with Crippen LogP contribution in [0.5, 0.6) is 11.6 Å². The lowest BCUT2D eigenvalue weighted by Gasteiger charge is -2.11. The highest BCUT2D eigenvalue weighted by atomic mass is 16.5. The van der Waals surface area contributed by atoms with Gasteiger partial charge in [0.25, 0.3) is 0 Å². The van der Waals surface area contributed by atoms with Crippen molar-refractivity contribution in [3.05, 3.63) is 42.1 Å². The van der Waals surface area contributed by atoms with E-state index in [2.05, 4.69) is 11.1 Å². The van der Waals surface area contributed by atoms with Crippen LogP contribution in [-0.2, 0) is 0 Å². The molecule has 0 aliphatic heterocycles. The molecule has 0 aliphatic rings. The van der Waals surface area contributed by atoms with Crippen molar-refractivity contribution < 1.29 is 9.47 Å². The Labute approximate surface area is 105 Å². The Balaban J connectivity index is 2.60. The van der Waals surface area contributed by atoms with Gasteiger partial charge in [-0.25, -0.2) is 4.98 Å². The van der Waals surface area contributed by atoms with Crippen LogP contribution in [0.4, 0.5) is 0 Å². The molecule has 2 aromatic rings. The van der Waals surface area contributed by atoms with Gasteiger partial charge in [0.2, 0.25) is 5.88 Å². The maximum atomic E-state index is 8.88. The fourth-order valence-corrected chi connectivity index (χ4v) is 1.74. The molecule has 2 rings (SSSR count). The molecule has 0 atom stereocenters. The van der Waals surface area contributed by atoms with Gasteiger partial charge in [0.1, 0.15) is 5.75 Å². The maximum absolute atomic E-state index is 8.88. The minimum absolute atomic E-state index is 0.528. The van der Waals surface area contributed by atoms with E-state index in [0.717, 1.165) is 11.1 Å². The smallest absolute Gasteiger partial charge is 0.221 e. The van der Waals surface area contributed by atoms with Gasteiger partial charge in [-0.3, -0.25) is 0 Å². The third-order valence-electron chi connectivity index (χ3n) is 2.59. The monoisotopic (exact) mass is 240 g/mol. The SMILES string of the molecule is COc1cc(C#N)ccc1-c1cccnc1OC.